The molecule has 3 N–H and O–H groups in total. The molecule has 1 unspecified atom stereocenters. The van der Waals surface area contributed by atoms with E-state index in [4.69, 9.17) is 5.73 Å². The monoisotopic (exact) mass is 336 g/mol. The number of nitrogens with two attached hydrogens (primary N) is 1. The molecule has 0 saturated heterocycles. The van der Waals surface area contributed by atoms with E-state index in [1.807, 2.05) is 18.2 Å². The van der Waals surface area contributed by atoms with Gasteiger partial charge in [0.25, 0.3) is 5.91 Å². The maximum Gasteiger partial charge on any atom is 0.251 e. The Kier molecular flexibility index (Phi) is 5.49. The zero-order valence-electron chi connectivity index (χ0n) is 14.3. The first-order valence-electron chi connectivity index (χ1n) is 8.91. The first kappa shape index (κ1) is 17.2. The molecule has 0 heterocycles. The zero-order valence-corrected chi connectivity index (χ0v) is 14.3. The summed E-state index contributed by atoms with van der Waals surface area (Å²) in [5.41, 5.74) is 7.27. The van der Waals surface area contributed by atoms with Crippen LogP contribution in [0.15, 0.2) is 54.6 Å². The highest BCUT2D eigenvalue weighted by Crippen LogP contribution is 2.34. The molecule has 130 valence electrons. The van der Waals surface area contributed by atoms with Gasteiger partial charge in [0.15, 0.2) is 0 Å². The minimum Gasteiger partial charge on any atom is -0.366 e. The van der Waals surface area contributed by atoms with E-state index in [-0.39, 0.29) is 11.9 Å². The van der Waals surface area contributed by atoms with Crippen molar-refractivity contribution in [2.24, 2.45) is 11.7 Å². The number of hydrogen-bond acceptors (Lipinski definition) is 2. The molecule has 0 radical (unpaired) electrons. The maximum atomic E-state index is 12.8. The topological polar surface area (TPSA) is 72.2 Å². The van der Waals surface area contributed by atoms with Gasteiger partial charge in [0.05, 0.1) is 6.04 Å². The fourth-order valence-corrected chi connectivity index (χ4v) is 3.64. The largest absolute Gasteiger partial charge is 0.366 e. The Morgan fingerprint density at radius 2 is 1.60 bits per heavy atom. The standard InChI is InChI=1S/C21H24N2O2/c22-20(24)17-12-7-13-18(14-17)21(25)23-19(15-8-3-1-4-9-15)16-10-5-2-6-11-16/h1,3-4,7-9,12-14,16,19H,2,5-6,10-11H2,(H2,22,24)(H,23,25). The number of amides is 2. The Bertz CT molecular complexity index is 737. The van der Waals surface area contributed by atoms with Crippen molar-refractivity contribution >= 4 is 11.8 Å². The third-order valence-electron chi connectivity index (χ3n) is 4.98. The molecular formula is C21H24N2O2. The highest BCUT2D eigenvalue weighted by Gasteiger charge is 2.26. The second kappa shape index (κ2) is 7.97. The molecule has 0 aliphatic heterocycles. The molecule has 0 spiro atoms. The molecule has 2 aromatic carbocycles. The predicted octanol–water partition coefficient (Wildman–Crippen LogP) is 3.84. The van der Waals surface area contributed by atoms with Gasteiger partial charge in [-0.05, 0) is 42.5 Å². The number of nitrogens with one attached hydrogen (secondary N) is 1. The number of carbonyl (C=O) groups excluding carboxylic acids is 2. The summed E-state index contributed by atoms with van der Waals surface area (Å²) in [5, 5.41) is 3.19. The second-order valence-corrected chi connectivity index (χ2v) is 6.70. The molecular weight excluding hydrogens is 312 g/mol. The molecule has 2 amide bonds. The first-order chi connectivity index (χ1) is 12.1. The fourth-order valence-electron chi connectivity index (χ4n) is 3.64. The van der Waals surface area contributed by atoms with Crippen molar-refractivity contribution in [2.45, 2.75) is 38.1 Å². The Balaban J connectivity index is 1.83. The van der Waals surface area contributed by atoms with Gasteiger partial charge in [0.2, 0.25) is 5.91 Å². The Labute approximate surface area is 148 Å². The smallest absolute Gasteiger partial charge is 0.251 e. The average Bonchev–Trinajstić information content (AvgIpc) is 2.67. The van der Waals surface area contributed by atoms with Gasteiger partial charge in [-0.2, -0.15) is 0 Å². The lowest BCUT2D eigenvalue weighted by Gasteiger charge is -2.31. The van der Waals surface area contributed by atoms with Gasteiger partial charge in [-0.1, -0.05) is 55.7 Å². The summed E-state index contributed by atoms with van der Waals surface area (Å²) in [6, 6.07) is 16.7. The minimum atomic E-state index is -0.526. The Hall–Kier alpha value is -2.62. The van der Waals surface area contributed by atoms with Crippen molar-refractivity contribution in [3.8, 4) is 0 Å². The maximum absolute atomic E-state index is 12.8. The van der Waals surface area contributed by atoms with Crippen LogP contribution >= 0.6 is 0 Å². The molecule has 2 aromatic rings. The Morgan fingerprint density at radius 1 is 0.920 bits per heavy atom. The van der Waals surface area contributed by atoms with E-state index in [1.54, 1.807) is 24.3 Å². The predicted molar refractivity (Wildman–Crippen MR) is 98.2 cm³/mol. The van der Waals surface area contributed by atoms with Gasteiger partial charge in [-0.15, -0.1) is 0 Å². The van der Waals surface area contributed by atoms with E-state index in [2.05, 4.69) is 17.4 Å². The lowest BCUT2D eigenvalue weighted by atomic mass is 9.81. The average molecular weight is 336 g/mol. The molecule has 4 nitrogen and oxygen atoms in total. The molecule has 1 atom stereocenters. The van der Waals surface area contributed by atoms with Gasteiger partial charge in [-0.25, -0.2) is 0 Å². The number of rotatable bonds is 5. The molecule has 0 aromatic heterocycles. The van der Waals surface area contributed by atoms with E-state index in [1.165, 1.54) is 19.3 Å². The third kappa shape index (κ3) is 4.27. The van der Waals surface area contributed by atoms with Gasteiger partial charge in [0, 0.05) is 11.1 Å². The van der Waals surface area contributed by atoms with Crippen LogP contribution in [0.5, 0.6) is 0 Å². The van der Waals surface area contributed by atoms with Gasteiger partial charge < -0.3 is 11.1 Å². The van der Waals surface area contributed by atoms with Crippen LogP contribution in [0, 0.1) is 5.92 Å². The van der Waals surface area contributed by atoms with Crippen molar-refractivity contribution < 1.29 is 9.59 Å². The first-order valence-corrected chi connectivity index (χ1v) is 8.91. The number of benzene rings is 2. The van der Waals surface area contributed by atoms with Crippen LogP contribution in [0.1, 0.15) is 64.4 Å². The fraction of sp³-hybridized carbons (Fsp3) is 0.333. The van der Waals surface area contributed by atoms with Crippen LogP contribution in [-0.4, -0.2) is 11.8 Å². The van der Waals surface area contributed by atoms with Crippen molar-refractivity contribution in [2.75, 3.05) is 0 Å². The summed E-state index contributed by atoms with van der Waals surface area (Å²) in [6.45, 7) is 0. The molecule has 1 saturated carbocycles. The van der Waals surface area contributed by atoms with E-state index in [9.17, 15) is 9.59 Å². The van der Waals surface area contributed by atoms with E-state index in [0.717, 1.165) is 18.4 Å². The number of primary amides is 1. The highest BCUT2D eigenvalue weighted by molar-refractivity contribution is 5.99. The lowest BCUT2D eigenvalue weighted by molar-refractivity contribution is 0.0912. The highest BCUT2D eigenvalue weighted by atomic mass is 16.2. The van der Waals surface area contributed by atoms with E-state index >= 15 is 0 Å². The number of hydrogen-bond donors (Lipinski definition) is 2. The van der Waals surface area contributed by atoms with Crippen molar-refractivity contribution in [3.63, 3.8) is 0 Å². The summed E-state index contributed by atoms with van der Waals surface area (Å²) in [7, 11) is 0. The van der Waals surface area contributed by atoms with Crippen molar-refractivity contribution in [1.82, 2.24) is 5.32 Å². The van der Waals surface area contributed by atoms with Crippen LogP contribution < -0.4 is 11.1 Å². The Morgan fingerprint density at radius 3 is 2.28 bits per heavy atom. The molecule has 25 heavy (non-hydrogen) atoms. The number of carbonyl (C=O) groups is 2. The van der Waals surface area contributed by atoms with Crippen LogP contribution in [0.3, 0.4) is 0 Å². The van der Waals surface area contributed by atoms with E-state index < -0.39 is 5.91 Å². The summed E-state index contributed by atoms with van der Waals surface area (Å²) in [5.74, 6) is -0.247. The van der Waals surface area contributed by atoms with Crippen LogP contribution in [0.2, 0.25) is 0 Å². The van der Waals surface area contributed by atoms with Gasteiger partial charge >= 0.3 is 0 Å². The van der Waals surface area contributed by atoms with E-state index in [0.29, 0.717) is 17.0 Å². The second-order valence-electron chi connectivity index (χ2n) is 6.70. The summed E-state index contributed by atoms with van der Waals surface area (Å²) < 4.78 is 0. The molecule has 3 rings (SSSR count). The van der Waals surface area contributed by atoms with Crippen LogP contribution in [0.4, 0.5) is 0 Å². The zero-order chi connectivity index (χ0) is 17.6. The SMILES string of the molecule is NC(=O)c1cccc(C(=O)NC(c2ccccc2)C2CCCCC2)c1. The summed E-state index contributed by atoms with van der Waals surface area (Å²) >= 11 is 0. The van der Waals surface area contributed by atoms with Gasteiger partial charge in [-0.3, -0.25) is 9.59 Å². The molecule has 0 bridgehead atoms. The van der Waals surface area contributed by atoms with Crippen molar-refractivity contribution in [3.05, 3.63) is 71.3 Å². The normalized spacial score (nSPS) is 16.2. The van der Waals surface area contributed by atoms with Crippen molar-refractivity contribution in [1.29, 1.82) is 0 Å². The van der Waals surface area contributed by atoms with Gasteiger partial charge in [0.1, 0.15) is 0 Å². The molecule has 1 aliphatic carbocycles. The third-order valence-corrected chi connectivity index (χ3v) is 4.98. The minimum absolute atomic E-state index is 0.00812. The van der Waals surface area contributed by atoms with Crippen LogP contribution in [0.25, 0.3) is 0 Å². The summed E-state index contributed by atoms with van der Waals surface area (Å²) in [4.78, 5) is 24.1. The molecule has 1 aliphatic rings. The van der Waals surface area contributed by atoms with Crippen LogP contribution in [-0.2, 0) is 0 Å². The molecule has 4 heteroatoms. The quantitative estimate of drug-likeness (QED) is 0.871. The summed E-state index contributed by atoms with van der Waals surface area (Å²) in [6.07, 6.45) is 5.94. The molecule has 1 fully saturated rings. The lowest BCUT2D eigenvalue weighted by Crippen LogP contribution is -2.34.